The van der Waals surface area contributed by atoms with Crippen LogP contribution in [0.3, 0.4) is 0 Å². The van der Waals surface area contributed by atoms with Gasteiger partial charge in [-0.05, 0) is 43.7 Å². The molecule has 1 aromatic heterocycles. The number of aliphatic hydroxyl groups excluding tert-OH is 2. The lowest BCUT2D eigenvalue weighted by atomic mass is 9.93. The number of piperidine rings is 1. The van der Waals surface area contributed by atoms with Crippen LogP contribution in [0.15, 0.2) is 12.4 Å². The molecule has 0 aromatic carbocycles. The van der Waals surface area contributed by atoms with Gasteiger partial charge in [0.15, 0.2) is 0 Å². The molecule has 2 N–H and O–H groups in total. The predicted molar refractivity (Wildman–Crippen MR) is 102 cm³/mol. The minimum absolute atomic E-state index is 0.261. The van der Waals surface area contributed by atoms with Crippen molar-refractivity contribution in [1.29, 1.82) is 0 Å². The maximum atomic E-state index is 9.82. The molecule has 2 aliphatic rings. The Morgan fingerprint density at radius 1 is 1.00 bits per heavy atom. The Hall–Kier alpha value is -1.08. The lowest BCUT2D eigenvalue weighted by Gasteiger charge is -2.33. The first-order valence-corrected chi connectivity index (χ1v) is 10.1. The van der Waals surface area contributed by atoms with Crippen molar-refractivity contribution >= 4 is 0 Å². The number of hydrogen-bond donors (Lipinski definition) is 2. The molecule has 26 heavy (non-hydrogen) atoms. The van der Waals surface area contributed by atoms with E-state index < -0.39 is 0 Å². The van der Waals surface area contributed by atoms with Gasteiger partial charge in [-0.2, -0.15) is 0 Å². The normalized spacial score (nSPS) is 26.0. The molecule has 1 aromatic rings. The molecule has 2 saturated heterocycles. The van der Waals surface area contributed by atoms with Gasteiger partial charge < -0.3 is 15.1 Å². The summed E-state index contributed by atoms with van der Waals surface area (Å²) in [6, 6.07) is 0. The molecule has 0 amide bonds. The molecule has 0 spiro atoms. The van der Waals surface area contributed by atoms with Crippen molar-refractivity contribution in [2.75, 3.05) is 45.9 Å². The van der Waals surface area contributed by atoms with Gasteiger partial charge in [-0.15, -0.1) is 0 Å². The number of nitrogens with zero attached hydrogens (tertiary/aromatic N) is 4. The standard InChI is InChI=1S/C20H34N4O2/c1-15(2)20-21-7-17(8-22-20)9-24-11-18(19(12-24)14-26)10-23-5-3-16(13-25)4-6-23/h7-8,15-16,18-19,25-26H,3-6,9-14H2,1-2H3/t18-,19-/m1/s1. The second kappa shape index (κ2) is 9.22. The summed E-state index contributed by atoms with van der Waals surface area (Å²) in [6.45, 7) is 10.8. The molecule has 0 bridgehead atoms. The van der Waals surface area contributed by atoms with E-state index in [-0.39, 0.29) is 6.61 Å². The molecule has 146 valence electrons. The Balaban J connectivity index is 1.52. The van der Waals surface area contributed by atoms with Crippen molar-refractivity contribution in [2.24, 2.45) is 17.8 Å². The zero-order valence-corrected chi connectivity index (χ0v) is 16.2. The molecule has 0 saturated carbocycles. The average molecular weight is 363 g/mol. The van der Waals surface area contributed by atoms with Gasteiger partial charge in [0.25, 0.3) is 0 Å². The Kier molecular flexibility index (Phi) is 6.98. The molecule has 3 heterocycles. The third-order valence-electron chi connectivity index (χ3n) is 5.99. The zero-order chi connectivity index (χ0) is 18.5. The van der Waals surface area contributed by atoms with Gasteiger partial charge in [-0.3, -0.25) is 4.90 Å². The molecule has 0 aliphatic carbocycles. The Labute approximate surface area is 157 Å². The topological polar surface area (TPSA) is 72.7 Å². The fourth-order valence-electron chi connectivity index (χ4n) is 4.26. The summed E-state index contributed by atoms with van der Waals surface area (Å²) in [5, 5.41) is 19.1. The van der Waals surface area contributed by atoms with Crippen LogP contribution >= 0.6 is 0 Å². The summed E-state index contributed by atoms with van der Waals surface area (Å²) in [5.41, 5.74) is 1.15. The van der Waals surface area contributed by atoms with Gasteiger partial charge in [-0.25, -0.2) is 9.97 Å². The van der Waals surface area contributed by atoms with Crippen LogP contribution in [0.5, 0.6) is 0 Å². The van der Waals surface area contributed by atoms with Crippen LogP contribution in [0, 0.1) is 17.8 Å². The molecular weight excluding hydrogens is 328 g/mol. The van der Waals surface area contributed by atoms with Crippen LogP contribution in [0.1, 0.15) is 44.0 Å². The largest absolute Gasteiger partial charge is 0.396 e. The Morgan fingerprint density at radius 2 is 1.65 bits per heavy atom. The second-order valence-electron chi connectivity index (χ2n) is 8.43. The maximum Gasteiger partial charge on any atom is 0.130 e. The summed E-state index contributed by atoms with van der Waals surface area (Å²) < 4.78 is 0. The van der Waals surface area contributed by atoms with E-state index in [1.807, 2.05) is 12.4 Å². The summed E-state index contributed by atoms with van der Waals surface area (Å²) in [5.74, 6) is 2.60. The van der Waals surface area contributed by atoms with E-state index in [0.29, 0.717) is 30.3 Å². The smallest absolute Gasteiger partial charge is 0.130 e. The van der Waals surface area contributed by atoms with Gasteiger partial charge in [0.05, 0.1) is 0 Å². The summed E-state index contributed by atoms with van der Waals surface area (Å²) in [7, 11) is 0. The molecule has 6 heteroatoms. The lowest BCUT2D eigenvalue weighted by Crippen LogP contribution is -2.40. The Bertz CT molecular complexity index is 543. The number of aromatic nitrogens is 2. The third kappa shape index (κ3) is 5.00. The Morgan fingerprint density at radius 3 is 2.23 bits per heavy atom. The van der Waals surface area contributed by atoms with Gasteiger partial charge in [0.1, 0.15) is 5.82 Å². The minimum Gasteiger partial charge on any atom is -0.396 e. The van der Waals surface area contributed by atoms with Gasteiger partial charge in [0.2, 0.25) is 0 Å². The van der Waals surface area contributed by atoms with E-state index in [9.17, 15) is 10.2 Å². The molecule has 3 rings (SSSR count). The van der Waals surface area contributed by atoms with Crippen molar-refractivity contribution in [3.8, 4) is 0 Å². The number of rotatable bonds is 7. The van der Waals surface area contributed by atoms with Crippen molar-refractivity contribution < 1.29 is 10.2 Å². The molecule has 0 radical (unpaired) electrons. The van der Waals surface area contributed by atoms with Crippen molar-refractivity contribution in [3.63, 3.8) is 0 Å². The fourth-order valence-corrected chi connectivity index (χ4v) is 4.26. The lowest BCUT2D eigenvalue weighted by molar-refractivity contribution is 0.106. The van der Waals surface area contributed by atoms with Crippen LogP contribution in [0.25, 0.3) is 0 Å². The van der Waals surface area contributed by atoms with Gasteiger partial charge >= 0.3 is 0 Å². The van der Waals surface area contributed by atoms with Crippen molar-refractivity contribution in [3.05, 3.63) is 23.8 Å². The maximum absolute atomic E-state index is 9.82. The van der Waals surface area contributed by atoms with E-state index in [4.69, 9.17) is 0 Å². The second-order valence-corrected chi connectivity index (χ2v) is 8.43. The van der Waals surface area contributed by atoms with Crippen LogP contribution < -0.4 is 0 Å². The monoisotopic (exact) mass is 362 g/mol. The van der Waals surface area contributed by atoms with E-state index in [0.717, 1.165) is 63.5 Å². The minimum atomic E-state index is 0.261. The predicted octanol–water partition coefficient (Wildman–Crippen LogP) is 1.34. The summed E-state index contributed by atoms with van der Waals surface area (Å²) in [4.78, 5) is 13.9. The van der Waals surface area contributed by atoms with E-state index in [2.05, 4.69) is 33.6 Å². The highest BCUT2D eigenvalue weighted by Crippen LogP contribution is 2.27. The number of likely N-dealkylation sites (tertiary alicyclic amines) is 2. The first kappa shape index (κ1) is 19.7. The van der Waals surface area contributed by atoms with Crippen LogP contribution in [-0.4, -0.2) is 75.9 Å². The van der Waals surface area contributed by atoms with Crippen molar-refractivity contribution in [2.45, 2.75) is 39.2 Å². The SMILES string of the molecule is CC(C)c1ncc(CN2C[C@@H](CN3CCC(CO)CC3)[C@@H](CO)C2)cn1. The van der Waals surface area contributed by atoms with Crippen molar-refractivity contribution in [1.82, 2.24) is 19.8 Å². The zero-order valence-electron chi connectivity index (χ0n) is 16.2. The van der Waals surface area contributed by atoms with Crippen LogP contribution in [-0.2, 0) is 6.54 Å². The van der Waals surface area contributed by atoms with Gasteiger partial charge in [-0.1, -0.05) is 13.8 Å². The fraction of sp³-hybridized carbons (Fsp3) is 0.800. The average Bonchev–Trinajstić information content (AvgIpc) is 3.04. The molecule has 2 atom stereocenters. The van der Waals surface area contributed by atoms with E-state index in [1.165, 1.54) is 0 Å². The highest BCUT2D eigenvalue weighted by molar-refractivity contribution is 5.07. The van der Waals surface area contributed by atoms with Gasteiger partial charge in [0, 0.05) is 63.3 Å². The quantitative estimate of drug-likeness (QED) is 0.763. The highest BCUT2D eigenvalue weighted by atomic mass is 16.3. The summed E-state index contributed by atoms with van der Waals surface area (Å²) in [6.07, 6.45) is 6.08. The number of hydrogen-bond acceptors (Lipinski definition) is 6. The molecule has 6 nitrogen and oxygen atoms in total. The van der Waals surface area contributed by atoms with E-state index >= 15 is 0 Å². The first-order valence-electron chi connectivity index (χ1n) is 10.1. The molecule has 0 unspecified atom stereocenters. The van der Waals surface area contributed by atoms with Crippen LogP contribution in [0.2, 0.25) is 0 Å². The number of aliphatic hydroxyl groups is 2. The highest BCUT2D eigenvalue weighted by Gasteiger charge is 2.34. The molecule has 2 fully saturated rings. The van der Waals surface area contributed by atoms with E-state index in [1.54, 1.807) is 0 Å². The van der Waals surface area contributed by atoms with Crippen LogP contribution in [0.4, 0.5) is 0 Å². The third-order valence-corrected chi connectivity index (χ3v) is 5.99. The summed E-state index contributed by atoms with van der Waals surface area (Å²) >= 11 is 0. The molecular formula is C20H34N4O2. The first-order chi connectivity index (χ1) is 12.6. The molecule has 2 aliphatic heterocycles.